The molecule has 3 heteroatoms. The molecule has 3 nitrogen and oxygen atoms in total. The van der Waals surface area contributed by atoms with Crippen LogP contribution < -0.4 is 5.32 Å². The van der Waals surface area contributed by atoms with Gasteiger partial charge in [0.1, 0.15) is 0 Å². The molecule has 0 radical (unpaired) electrons. The molecule has 2 aromatic carbocycles. The predicted molar refractivity (Wildman–Crippen MR) is 84.2 cm³/mol. The van der Waals surface area contributed by atoms with Gasteiger partial charge >= 0.3 is 0 Å². The average molecular weight is 279 g/mol. The van der Waals surface area contributed by atoms with Crippen molar-refractivity contribution in [3.8, 4) is 11.8 Å². The predicted octanol–water partition coefficient (Wildman–Crippen LogP) is 2.98. The largest absolute Gasteiger partial charge is 0.395 e. The van der Waals surface area contributed by atoms with E-state index >= 15 is 0 Å². The van der Waals surface area contributed by atoms with Crippen molar-refractivity contribution in [2.24, 2.45) is 0 Å². The van der Waals surface area contributed by atoms with Crippen LogP contribution in [0.3, 0.4) is 0 Å². The number of carbonyl (C=O) groups excluding carboxylic acids is 1. The van der Waals surface area contributed by atoms with Crippen molar-refractivity contribution in [3.63, 3.8) is 0 Å². The summed E-state index contributed by atoms with van der Waals surface area (Å²) in [5.74, 6) is 5.63. The molecule has 0 aliphatic rings. The highest BCUT2D eigenvalue weighted by molar-refractivity contribution is 6.04. The van der Waals surface area contributed by atoms with Crippen LogP contribution in [0.15, 0.2) is 48.5 Å². The zero-order valence-corrected chi connectivity index (χ0v) is 11.9. The van der Waals surface area contributed by atoms with Crippen LogP contribution in [0.2, 0.25) is 0 Å². The van der Waals surface area contributed by atoms with Gasteiger partial charge in [0.25, 0.3) is 5.91 Å². The van der Waals surface area contributed by atoms with E-state index in [2.05, 4.69) is 17.2 Å². The van der Waals surface area contributed by atoms with Crippen LogP contribution in [-0.4, -0.2) is 17.6 Å². The molecule has 0 saturated carbocycles. The molecule has 21 heavy (non-hydrogen) atoms. The molecular weight excluding hydrogens is 262 g/mol. The Balaban J connectivity index is 2.03. The fourth-order valence-electron chi connectivity index (χ4n) is 1.77. The SMILES string of the molecule is Cc1ccc(NC(=O)c2ccc(C#CCCO)cc2)cc1. The number of aryl methyl sites for hydroxylation is 1. The third-order valence-corrected chi connectivity index (χ3v) is 2.93. The summed E-state index contributed by atoms with van der Waals surface area (Å²) in [6.45, 7) is 2.06. The molecule has 0 heterocycles. The number of aliphatic hydroxyl groups is 1. The van der Waals surface area contributed by atoms with Gasteiger partial charge in [-0.05, 0) is 43.3 Å². The number of carbonyl (C=O) groups is 1. The van der Waals surface area contributed by atoms with Crippen molar-refractivity contribution in [1.82, 2.24) is 0 Å². The van der Waals surface area contributed by atoms with Crippen LogP contribution in [0.1, 0.15) is 27.9 Å². The van der Waals surface area contributed by atoms with Crippen LogP contribution in [-0.2, 0) is 0 Å². The molecule has 0 fully saturated rings. The van der Waals surface area contributed by atoms with Crippen LogP contribution in [0.25, 0.3) is 0 Å². The Labute approximate surface area is 124 Å². The molecule has 0 unspecified atom stereocenters. The lowest BCUT2D eigenvalue weighted by molar-refractivity contribution is 0.102. The molecule has 1 amide bonds. The zero-order valence-electron chi connectivity index (χ0n) is 11.9. The summed E-state index contributed by atoms with van der Waals surface area (Å²) in [6, 6.07) is 14.7. The Hall–Kier alpha value is -2.57. The molecule has 0 aliphatic heterocycles. The van der Waals surface area contributed by atoms with Gasteiger partial charge in [0, 0.05) is 23.2 Å². The maximum Gasteiger partial charge on any atom is 0.255 e. The lowest BCUT2D eigenvalue weighted by atomic mass is 10.1. The Morgan fingerprint density at radius 2 is 1.76 bits per heavy atom. The standard InChI is InChI=1S/C18H17NO2/c1-14-5-11-17(12-6-14)19-18(21)16-9-7-15(8-10-16)4-2-3-13-20/h5-12,20H,3,13H2,1H3,(H,19,21). The first-order chi connectivity index (χ1) is 10.2. The molecular formula is C18H17NO2. The molecule has 2 N–H and O–H groups in total. The second-order valence-corrected chi connectivity index (χ2v) is 4.67. The number of rotatable bonds is 3. The quantitative estimate of drug-likeness (QED) is 0.849. The van der Waals surface area contributed by atoms with Crippen molar-refractivity contribution >= 4 is 11.6 Å². The molecule has 0 aromatic heterocycles. The Morgan fingerprint density at radius 3 is 2.38 bits per heavy atom. The van der Waals surface area contributed by atoms with Gasteiger partial charge in [0.05, 0.1) is 6.61 Å². The zero-order chi connectivity index (χ0) is 15.1. The highest BCUT2D eigenvalue weighted by Gasteiger charge is 2.05. The molecule has 2 aromatic rings. The van der Waals surface area contributed by atoms with Gasteiger partial charge in [-0.25, -0.2) is 0 Å². The molecule has 0 bridgehead atoms. The summed E-state index contributed by atoms with van der Waals surface area (Å²) in [6.07, 6.45) is 0.454. The molecule has 106 valence electrons. The van der Waals surface area contributed by atoms with Crippen LogP contribution in [0, 0.1) is 18.8 Å². The lowest BCUT2D eigenvalue weighted by Crippen LogP contribution is -2.11. The second-order valence-electron chi connectivity index (χ2n) is 4.67. The first-order valence-corrected chi connectivity index (χ1v) is 6.77. The third-order valence-electron chi connectivity index (χ3n) is 2.93. The first-order valence-electron chi connectivity index (χ1n) is 6.77. The minimum absolute atomic E-state index is 0.0596. The van der Waals surface area contributed by atoms with Gasteiger partial charge in [0.15, 0.2) is 0 Å². The number of hydrogen-bond donors (Lipinski definition) is 2. The average Bonchev–Trinajstić information content (AvgIpc) is 2.50. The summed E-state index contributed by atoms with van der Waals surface area (Å²) in [5, 5.41) is 11.5. The Bertz CT molecular complexity index is 661. The Kier molecular flexibility index (Phi) is 5.14. The topological polar surface area (TPSA) is 49.3 Å². The fraction of sp³-hybridized carbons (Fsp3) is 0.167. The first kappa shape index (κ1) is 14.8. The van der Waals surface area contributed by atoms with Gasteiger partial charge in [0.2, 0.25) is 0 Å². The Morgan fingerprint density at radius 1 is 1.10 bits per heavy atom. The van der Waals surface area contributed by atoms with E-state index in [1.54, 1.807) is 24.3 Å². The van der Waals surface area contributed by atoms with Crippen LogP contribution in [0.4, 0.5) is 5.69 Å². The van der Waals surface area contributed by atoms with Crippen LogP contribution >= 0.6 is 0 Å². The lowest BCUT2D eigenvalue weighted by Gasteiger charge is -2.05. The third kappa shape index (κ3) is 4.48. The van der Waals surface area contributed by atoms with E-state index in [-0.39, 0.29) is 12.5 Å². The number of anilines is 1. The summed E-state index contributed by atoms with van der Waals surface area (Å²) in [5.41, 5.74) is 3.34. The van der Waals surface area contributed by atoms with E-state index in [4.69, 9.17) is 5.11 Å². The minimum atomic E-state index is -0.145. The number of benzene rings is 2. The van der Waals surface area contributed by atoms with Gasteiger partial charge in [-0.1, -0.05) is 29.5 Å². The molecule has 0 spiro atoms. The summed E-state index contributed by atoms with van der Waals surface area (Å²) >= 11 is 0. The monoisotopic (exact) mass is 279 g/mol. The summed E-state index contributed by atoms with van der Waals surface area (Å²) < 4.78 is 0. The molecule has 2 rings (SSSR count). The second kappa shape index (κ2) is 7.28. The maximum atomic E-state index is 12.1. The smallest absolute Gasteiger partial charge is 0.255 e. The van der Waals surface area contributed by atoms with E-state index in [1.165, 1.54) is 0 Å². The van der Waals surface area contributed by atoms with Crippen molar-refractivity contribution in [2.45, 2.75) is 13.3 Å². The molecule has 0 saturated heterocycles. The maximum absolute atomic E-state index is 12.1. The molecule has 0 atom stereocenters. The van der Waals surface area contributed by atoms with Gasteiger partial charge in [-0.15, -0.1) is 0 Å². The van der Waals surface area contributed by atoms with Crippen molar-refractivity contribution in [1.29, 1.82) is 0 Å². The number of aliphatic hydroxyl groups excluding tert-OH is 1. The molecule has 0 aliphatic carbocycles. The van der Waals surface area contributed by atoms with Gasteiger partial charge in [-0.3, -0.25) is 4.79 Å². The highest BCUT2D eigenvalue weighted by Crippen LogP contribution is 2.11. The van der Waals surface area contributed by atoms with Gasteiger partial charge in [-0.2, -0.15) is 0 Å². The van der Waals surface area contributed by atoms with Crippen molar-refractivity contribution < 1.29 is 9.90 Å². The van der Waals surface area contributed by atoms with Gasteiger partial charge < -0.3 is 10.4 Å². The minimum Gasteiger partial charge on any atom is -0.395 e. The van der Waals surface area contributed by atoms with E-state index in [0.717, 1.165) is 16.8 Å². The van der Waals surface area contributed by atoms with E-state index in [0.29, 0.717) is 12.0 Å². The number of amides is 1. The van der Waals surface area contributed by atoms with E-state index < -0.39 is 0 Å². The fourth-order valence-corrected chi connectivity index (χ4v) is 1.77. The van der Waals surface area contributed by atoms with Crippen LogP contribution in [0.5, 0.6) is 0 Å². The summed E-state index contributed by atoms with van der Waals surface area (Å²) in [7, 11) is 0. The highest BCUT2D eigenvalue weighted by atomic mass is 16.2. The normalized spacial score (nSPS) is 9.62. The van der Waals surface area contributed by atoms with Crippen molar-refractivity contribution in [3.05, 3.63) is 65.2 Å². The number of hydrogen-bond acceptors (Lipinski definition) is 2. The summed E-state index contributed by atoms with van der Waals surface area (Å²) in [4.78, 5) is 12.1. The van der Waals surface area contributed by atoms with E-state index in [9.17, 15) is 4.79 Å². The van der Waals surface area contributed by atoms with Crippen molar-refractivity contribution in [2.75, 3.05) is 11.9 Å². The van der Waals surface area contributed by atoms with E-state index in [1.807, 2.05) is 31.2 Å². The number of nitrogens with one attached hydrogen (secondary N) is 1.